The van der Waals surface area contributed by atoms with Crippen molar-refractivity contribution in [2.24, 2.45) is 11.3 Å². The van der Waals surface area contributed by atoms with E-state index in [9.17, 15) is 4.79 Å². The van der Waals surface area contributed by atoms with Crippen LogP contribution in [-0.2, 0) is 11.2 Å². The molecule has 0 bridgehead atoms. The maximum atomic E-state index is 11.1. The van der Waals surface area contributed by atoms with Crippen LogP contribution in [0.25, 0.3) is 0 Å². The van der Waals surface area contributed by atoms with Crippen molar-refractivity contribution in [3.63, 3.8) is 0 Å². The molecule has 0 aromatic carbocycles. The lowest BCUT2D eigenvalue weighted by Gasteiger charge is -2.26. The second kappa shape index (κ2) is 4.43. The Morgan fingerprint density at radius 2 is 2.20 bits per heavy atom. The number of carbonyl (C=O) groups is 1. The molecule has 15 heavy (non-hydrogen) atoms. The summed E-state index contributed by atoms with van der Waals surface area (Å²) in [7, 11) is 0. The van der Waals surface area contributed by atoms with Crippen LogP contribution >= 0.6 is 0 Å². The SMILES string of the molecule is CC(C)(C)C(Cc1cccnc1)C(=O)O. The molecule has 0 saturated heterocycles. The third-order valence-electron chi connectivity index (χ3n) is 2.51. The first-order valence-electron chi connectivity index (χ1n) is 5.03. The van der Waals surface area contributed by atoms with Crippen molar-refractivity contribution in [3.8, 4) is 0 Å². The van der Waals surface area contributed by atoms with Gasteiger partial charge >= 0.3 is 5.97 Å². The maximum Gasteiger partial charge on any atom is 0.307 e. The predicted molar refractivity (Wildman–Crippen MR) is 58.5 cm³/mol. The molecule has 3 heteroatoms. The zero-order chi connectivity index (χ0) is 11.5. The largest absolute Gasteiger partial charge is 0.481 e. The molecule has 0 aliphatic rings. The Kier molecular flexibility index (Phi) is 3.45. The van der Waals surface area contributed by atoms with Gasteiger partial charge in [0.25, 0.3) is 0 Å². The molecule has 1 unspecified atom stereocenters. The molecular weight excluding hydrogens is 190 g/mol. The van der Waals surface area contributed by atoms with Crippen LogP contribution in [0.4, 0.5) is 0 Å². The first-order valence-corrected chi connectivity index (χ1v) is 5.03. The summed E-state index contributed by atoms with van der Waals surface area (Å²) in [6.07, 6.45) is 3.95. The van der Waals surface area contributed by atoms with Crippen LogP contribution < -0.4 is 0 Å². The van der Waals surface area contributed by atoms with E-state index in [1.54, 1.807) is 12.4 Å². The number of pyridine rings is 1. The van der Waals surface area contributed by atoms with Gasteiger partial charge in [-0.2, -0.15) is 0 Å². The molecule has 0 spiro atoms. The summed E-state index contributed by atoms with van der Waals surface area (Å²) >= 11 is 0. The Balaban J connectivity index is 2.82. The van der Waals surface area contributed by atoms with Gasteiger partial charge in [0.15, 0.2) is 0 Å². The number of rotatable bonds is 3. The van der Waals surface area contributed by atoms with Gasteiger partial charge in [-0.15, -0.1) is 0 Å². The smallest absolute Gasteiger partial charge is 0.307 e. The lowest BCUT2D eigenvalue weighted by molar-refractivity contribution is -0.145. The zero-order valence-corrected chi connectivity index (χ0v) is 9.40. The molecule has 0 fully saturated rings. The van der Waals surface area contributed by atoms with Crippen LogP contribution in [0.5, 0.6) is 0 Å². The van der Waals surface area contributed by atoms with Gasteiger partial charge in [-0.1, -0.05) is 26.8 Å². The Labute approximate surface area is 90.2 Å². The highest BCUT2D eigenvalue weighted by atomic mass is 16.4. The number of hydrogen-bond donors (Lipinski definition) is 1. The van der Waals surface area contributed by atoms with Crippen LogP contribution in [0.1, 0.15) is 26.3 Å². The molecule has 1 aromatic rings. The van der Waals surface area contributed by atoms with E-state index in [0.29, 0.717) is 6.42 Å². The molecule has 1 heterocycles. The van der Waals surface area contributed by atoms with E-state index in [4.69, 9.17) is 5.11 Å². The highest BCUT2D eigenvalue weighted by Gasteiger charge is 2.31. The van der Waals surface area contributed by atoms with E-state index in [1.807, 2.05) is 32.9 Å². The summed E-state index contributed by atoms with van der Waals surface area (Å²) in [5.74, 6) is -1.12. The van der Waals surface area contributed by atoms with E-state index >= 15 is 0 Å². The number of hydrogen-bond acceptors (Lipinski definition) is 2. The average molecular weight is 207 g/mol. The zero-order valence-electron chi connectivity index (χ0n) is 9.40. The quantitative estimate of drug-likeness (QED) is 0.827. The lowest BCUT2D eigenvalue weighted by atomic mass is 9.77. The maximum absolute atomic E-state index is 11.1. The van der Waals surface area contributed by atoms with E-state index in [2.05, 4.69) is 4.98 Å². The summed E-state index contributed by atoms with van der Waals surface area (Å²) < 4.78 is 0. The molecule has 0 amide bonds. The first kappa shape index (κ1) is 11.7. The summed E-state index contributed by atoms with van der Waals surface area (Å²) in [6.45, 7) is 5.84. The fourth-order valence-corrected chi connectivity index (χ4v) is 1.52. The van der Waals surface area contributed by atoms with Crippen molar-refractivity contribution >= 4 is 5.97 Å². The molecule has 3 nitrogen and oxygen atoms in total. The Hall–Kier alpha value is -1.38. The summed E-state index contributed by atoms with van der Waals surface area (Å²) in [4.78, 5) is 15.1. The molecule has 82 valence electrons. The van der Waals surface area contributed by atoms with Crippen molar-refractivity contribution in [2.75, 3.05) is 0 Å². The molecule has 0 saturated carbocycles. The summed E-state index contributed by atoms with van der Waals surface area (Å²) in [5, 5.41) is 9.15. The van der Waals surface area contributed by atoms with Gasteiger partial charge in [-0.05, 0) is 23.5 Å². The molecule has 1 aromatic heterocycles. The third kappa shape index (κ3) is 3.35. The van der Waals surface area contributed by atoms with Crippen LogP contribution in [0, 0.1) is 11.3 Å². The third-order valence-corrected chi connectivity index (χ3v) is 2.51. The first-order chi connectivity index (χ1) is 6.91. The van der Waals surface area contributed by atoms with Gasteiger partial charge < -0.3 is 5.11 Å². The van der Waals surface area contributed by atoms with Crippen molar-refractivity contribution in [3.05, 3.63) is 30.1 Å². The Morgan fingerprint density at radius 3 is 2.60 bits per heavy atom. The molecule has 1 rings (SSSR count). The van der Waals surface area contributed by atoms with Crippen LogP contribution in [-0.4, -0.2) is 16.1 Å². The van der Waals surface area contributed by atoms with Crippen molar-refractivity contribution in [2.45, 2.75) is 27.2 Å². The summed E-state index contributed by atoms with van der Waals surface area (Å²) in [6, 6.07) is 3.74. The van der Waals surface area contributed by atoms with Gasteiger partial charge in [-0.25, -0.2) is 0 Å². The second-order valence-corrected chi connectivity index (χ2v) is 4.82. The fourth-order valence-electron chi connectivity index (χ4n) is 1.52. The van der Waals surface area contributed by atoms with Crippen molar-refractivity contribution in [1.29, 1.82) is 0 Å². The van der Waals surface area contributed by atoms with Crippen molar-refractivity contribution in [1.82, 2.24) is 4.98 Å². The molecule has 0 aliphatic carbocycles. The lowest BCUT2D eigenvalue weighted by Crippen LogP contribution is -2.30. The summed E-state index contributed by atoms with van der Waals surface area (Å²) in [5.41, 5.74) is 0.738. The predicted octanol–water partition coefficient (Wildman–Crippen LogP) is 2.37. The van der Waals surface area contributed by atoms with Gasteiger partial charge in [0.2, 0.25) is 0 Å². The number of carboxylic acid groups (broad SMARTS) is 1. The van der Waals surface area contributed by atoms with Gasteiger partial charge in [0.1, 0.15) is 0 Å². The standard InChI is InChI=1S/C12H17NO2/c1-12(2,3)10(11(14)15)7-9-5-4-6-13-8-9/h4-6,8,10H,7H2,1-3H3,(H,14,15). The van der Waals surface area contributed by atoms with Gasteiger partial charge in [0.05, 0.1) is 5.92 Å². The molecule has 1 atom stereocenters. The highest BCUT2D eigenvalue weighted by Crippen LogP contribution is 2.29. The topological polar surface area (TPSA) is 50.2 Å². The monoisotopic (exact) mass is 207 g/mol. The molecule has 0 radical (unpaired) electrons. The Morgan fingerprint density at radius 1 is 1.53 bits per heavy atom. The van der Waals surface area contributed by atoms with Crippen LogP contribution in [0.2, 0.25) is 0 Å². The highest BCUT2D eigenvalue weighted by molar-refractivity contribution is 5.71. The second-order valence-electron chi connectivity index (χ2n) is 4.82. The van der Waals surface area contributed by atoms with E-state index in [-0.39, 0.29) is 11.3 Å². The number of aliphatic carboxylic acids is 1. The average Bonchev–Trinajstić information content (AvgIpc) is 2.13. The van der Waals surface area contributed by atoms with E-state index in [0.717, 1.165) is 5.56 Å². The van der Waals surface area contributed by atoms with Gasteiger partial charge in [0, 0.05) is 12.4 Å². The number of carboxylic acids is 1. The van der Waals surface area contributed by atoms with Crippen molar-refractivity contribution < 1.29 is 9.90 Å². The normalized spacial score (nSPS) is 13.5. The number of aromatic nitrogens is 1. The molecule has 0 aliphatic heterocycles. The minimum absolute atomic E-state index is 0.234. The minimum Gasteiger partial charge on any atom is -0.481 e. The van der Waals surface area contributed by atoms with Gasteiger partial charge in [-0.3, -0.25) is 9.78 Å². The minimum atomic E-state index is -0.744. The van der Waals surface area contributed by atoms with Crippen LogP contribution in [0.15, 0.2) is 24.5 Å². The molecular formula is C12H17NO2. The Bertz CT molecular complexity index is 327. The number of nitrogens with zero attached hydrogens (tertiary/aromatic N) is 1. The van der Waals surface area contributed by atoms with E-state index < -0.39 is 5.97 Å². The fraction of sp³-hybridized carbons (Fsp3) is 0.500. The van der Waals surface area contributed by atoms with E-state index in [1.165, 1.54) is 0 Å². The van der Waals surface area contributed by atoms with Crippen LogP contribution in [0.3, 0.4) is 0 Å². The molecule has 1 N–H and O–H groups in total.